The highest BCUT2D eigenvalue weighted by molar-refractivity contribution is 5.76. The molecule has 1 rings (SSSR count). The van der Waals surface area contributed by atoms with E-state index in [1.54, 1.807) is 0 Å². The van der Waals surface area contributed by atoms with Crippen LogP contribution < -0.4 is 11.1 Å². The number of rotatable bonds is 3. The van der Waals surface area contributed by atoms with Crippen molar-refractivity contribution in [2.24, 2.45) is 11.7 Å². The fourth-order valence-corrected chi connectivity index (χ4v) is 1.86. The fourth-order valence-electron chi connectivity index (χ4n) is 1.86. The molecule has 0 heterocycles. The molecule has 0 spiro atoms. The van der Waals surface area contributed by atoms with Crippen molar-refractivity contribution < 1.29 is 4.79 Å². The fraction of sp³-hybridized carbons (Fsp3) is 0.889. The summed E-state index contributed by atoms with van der Waals surface area (Å²) in [6, 6.07) is 1.00. The van der Waals surface area contributed by atoms with Crippen molar-refractivity contribution in [3.8, 4) is 0 Å². The van der Waals surface area contributed by atoms with Gasteiger partial charge in [0.2, 0.25) is 5.91 Å². The van der Waals surface area contributed by atoms with Gasteiger partial charge in [-0.25, -0.2) is 0 Å². The van der Waals surface area contributed by atoms with E-state index in [9.17, 15) is 4.79 Å². The molecule has 1 aliphatic carbocycles. The van der Waals surface area contributed by atoms with Gasteiger partial charge in [-0.2, -0.15) is 0 Å². The molecule has 1 saturated carbocycles. The van der Waals surface area contributed by atoms with Gasteiger partial charge in [0.25, 0.3) is 0 Å². The zero-order chi connectivity index (χ0) is 9.14. The zero-order valence-corrected chi connectivity index (χ0v) is 7.84. The van der Waals surface area contributed by atoms with Crippen LogP contribution in [0.5, 0.6) is 0 Å². The summed E-state index contributed by atoms with van der Waals surface area (Å²) in [5.41, 5.74) is 5.22. The van der Waals surface area contributed by atoms with Gasteiger partial charge in [-0.3, -0.25) is 4.79 Å². The van der Waals surface area contributed by atoms with E-state index >= 15 is 0 Å². The highest BCUT2D eigenvalue weighted by Crippen LogP contribution is 2.25. The molecule has 3 N–H and O–H groups in total. The average molecular weight is 170 g/mol. The Morgan fingerprint density at radius 1 is 1.50 bits per heavy atom. The average Bonchev–Trinajstić information content (AvgIpc) is 2.34. The highest BCUT2D eigenvalue weighted by Gasteiger charge is 2.28. The lowest BCUT2D eigenvalue weighted by molar-refractivity contribution is -0.121. The van der Waals surface area contributed by atoms with Crippen molar-refractivity contribution in [3.63, 3.8) is 0 Å². The SMILES string of the molecule is CC(C)N[C@H]1CC[C@H](C(N)=O)C1. The Balaban J connectivity index is 2.30. The van der Waals surface area contributed by atoms with Gasteiger partial charge in [0.05, 0.1) is 0 Å². The molecule has 0 aromatic heterocycles. The van der Waals surface area contributed by atoms with Crippen molar-refractivity contribution in [3.05, 3.63) is 0 Å². The topological polar surface area (TPSA) is 55.1 Å². The summed E-state index contributed by atoms with van der Waals surface area (Å²) in [5.74, 6) is -0.0238. The number of amides is 1. The van der Waals surface area contributed by atoms with Crippen molar-refractivity contribution in [1.82, 2.24) is 5.32 Å². The van der Waals surface area contributed by atoms with Gasteiger partial charge < -0.3 is 11.1 Å². The molecule has 3 heteroatoms. The Hall–Kier alpha value is -0.570. The maximum absolute atomic E-state index is 10.8. The molecule has 0 aromatic rings. The molecule has 0 radical (unpaired) electrons. The lowest BCUT2D eigenvalue weighted by Crippen LogP contribution is -2.33. The zero-order valence-electron chi connectivity index (χ0n) is 7.84. The Labute approximate surface area is 73.7 Å². The maximum Gasteiger partial charge on any atom is 0.220 e. The number of nitrogens with two attached hydrogens (primary N) is 1. The molecule has 2 atom stereocenters. The second-order valence-corrected chi connectivity index (χ2v) is 3.93. The Kier molecular flexibility index (Phi) is 3.09. The third kappa shape index (κ3) is 2.48. The molecule has 12 heavy (non-hydrogen) atoms. The molecule has 0 aliphatic heterocycles. The maximum atomic E-state index is 10.8. The minimum atomic E-state index is -0.136. The summed E-state index contributed by atoms with van der Waals surface area (Å²) in [5, 5.41) is 3.42. The summed E-state index contributed by atoms with van der Waals surface area (Å²) in [6.07, 6.45) is 2.97. The van der Waals surface area contributed by atoms with Crippen LogP contribution in [0.1, 0.15) is 33.1 Å². The first kappa shape index (κ1) is 9.52. The minimum Gasteiger partial charge on any atom is -0.369 e. The molecule has 0 bridgehead atoms. The first-order valence-corrected chi connectivity index (χ1v) is 4.65. The molecule has 3 nitrogen and oxygen atoms in total. The molecular formula is C9H18N2O. The summed E-state index contributed by atoms with van der Waals surface area (Å²) in [6.45, 7) is 4.25. The Bertz CT molecular complexity index is 168. The summed E-state index contributed by atoms with van der Waals surface area (Å²) in [7, 11) is 0. The second kappa shape index (κ2) is 3.90. The van der Waals surface area contributed by atoms with E-state index in [0.717, 1.165) is 19.3 Å². The number of primary amides is 1. The molecule has 0 aromatic carbocycles. The summed E-state index contributed by atoms with van der Waals surface area (Å²) in [4.78, 5) is 10.8. The second-order valence-electron chi connectivity index (χ2n) is 3.93. The molecule has 1 aliphatic rings. The number of hydrogen-bond acceptors (Lipinski definition) is 2. The van der Waals surface area contributed by atoms with Crippen molar-refractivity contribution in [1.29, 1.82) is 0 Å². The number of carbonyl (C=O) groups is 1. The number of nitrogens with one attached hydrogen (secondary N) is 1. The first-order valence-electron chi connectivity index (χ1n) is 4.65. The predicted octanol–water partition coefficient (Wildman–Crippen LogP) is 0.638. The van der Waals surface area contributed by atoms with E-state index in [2.05, 4.69) is 19.2 Å². The van der Waals surface area contributed by atoms with E-state index in [0.29, 0.717) is 12.1 Å². The van der Waals surface area contributed by atoms with E-state index in [1.807, 2.05) is 0 Å². The Morgan fingerprint density at radius 2 is 2.17 bits per heavy atom. The molecule has 1 fully saturated rings. The monoisotopic (exact) mass is 170 g/mol. The van der Waals surface area contributed by atoms with Crippen LogP contribution in [0.3, 0.4) is 0 Å². The lowest BCUT2D eigenvalue weighted by atomic mass is 10.1. The summed E-state index contributed by atoms with van der Waals surface area (Å²) < 4.78 is 0. The van der Waals surface area contributed by atoms with Gasteiger partial charge in [-0.05, 0) is 19.3 Å². The van der Waals surface area contributed by atoms with Crippen molar-refractivity contribution >= 4 is 5.91 Å². The van der Waals surface area contributed by atoms with Crippen LogP contribution in [0.15, 0.2) is 0 Å². The van der Waals surface area contributed by atoms with Gasteiger partial charge in [0.1, 0.15) is 0 Å². The van der Waals surface area contributed by atoms with Gasteiger partial charge in [0, 0.05) is 18.0 Å². The van der Waals surface area contributed by atoms with E-state index in [4.69, 9.17) is 5.73 Å². The van der Waals surface area contributed by atoms with Gasteiger partial charge in [-0.1, -0.05) is 13.8 Å². The van der Waals surface area contributed by atoms with Crippen LogP contribution in [0.4, 0.5) is 0 Å². The number of hydrogen-bond donors (Lipinski definition) is 2. The van der Waals surface area contributed by atoms with Crippen molar-refractivity contribution in [2.45, 2.75) is 45.2 Å². The third-order valence-electron chi connectivity index (χ3n) is 2.40. The van der Waals surface area contributed by atoms with Gasteiger partial charge in [-0.15, -0.1) is 0 Å². The minimum absolute atomic E-state index is 0.112. The van der Waals surface area contributed by atoms with E-state index < -0.39 is 0 Å². The van der Waals surface area contributed by atoms with Crippen LogP contribution in [0, 0.1) is 5.92 Å². The lowest BCUT2D eigenvalue weighted by Gasteiger charge is -2.15. The molecule has 1 amide bonds. The van der Waals surface area contributed by atoms with Crippen LogP contribution in [-0.2, 0) is 4.79 Å². The van der Waals surface area contributed by atoms with Crippen LogP contribution in [0.25, 0.3) is 0 Å². The predicted molar refractivity (Wildman–Crippen MR) is 48.6 cm³/mol. The van der Waals surface area contributed by atoms with Crippen LogP contribution in [0.2, 0.25) is 0 Å². The van der Waals surface area contributed by atoms with E-state index in [-0.39, 0.29) is 11.8 Å². The quantitative estimate of drug-likeness (QED) is 0.653. The molecular weight excluding hydrogens is 152 g/mol. The summed E-state index contributed by atoms with van der Waals surface area (Å²) >= 11 is 0. The number of carbonyl (C=O) groups excluding carboxylic acids is 1. The highest BCUT2D eigenvalue weighted by atomic mass is 16.1. The molecule has 70 valence electrons. The molecule has 0 unspecified atom stereocenters. The third-order valence-corrected chi connectivity index (χ3v) is 2.40. The van der Waals surface area contributed by atoms with Gasteiger partial charge >= 0.3 is 0 Å². The van der Waals surface area contributed by atoms with Crippen LogP contribution in [-0.4, -0.2) is 18.0 Å². The smallest absolute Gasteiger partial charge is 0.220 e. The van der Waals surface area contributed by atoms with Crippen molar-refractivity contribution in [2.75, 3.05) is 0 Å². The first-order chi connectivity index (χ1) is 5.59. The standard InChI is InChI=1S/C9H18N2O/c1-6(2)11-8-4-3-7(5-8)9(10)12/h6-8,11H,3-5H2,1-2H3,(H2,10,12)/t7-,8-/m0/s1. The molecule has 0 saturated heterocycles. The Morgan fingerprint density at radius 3 is 2.58 bits per heavy atom. The van der Waals surface area contributed by atoms with Gasteiger partial charge in [0.15, 0.2) is 0 Å². The largest absolute Gasteiger partial charge is 0.369 e. The van der Waals surface area contributed by atoms with E-state index in [1.165, 1.54) is 0 Å². The normalized spacial score (nSPS) is 29.6. The van der Waals surface area contributed by atoms with Crippen LogP contribution >= 0.6 is 0 Å².